The maximum absolute atomic E-state index is 12.4. The Labute approximate surface area is 142 Å². The van der Waals surface area contributed by atoms with Gasteiger partial charge >= 0.3 is 0 Å². The van der Waals surface area contributed by atoms with Gasteiger partial charge < -0.3 is 15.0 Å². The van der Waals surface area contributed by atoms with Crippen molar-refractivity contribution in [3.05, 3.63) is 35.9 Å². The van der Waals surface area contributed by atoms with Crippen LogP contribution in [0.15, 0.2) is 30.3 Å². The molecule has 1 N–H and O–H groups in total. The van der Waals surface area contributed by atoms with E-state index in [1.54, 1.807) is 0 Å². The van der Waals surface area contributed by atoms with Gasteiger partial charge in [0.05, 0.1) is 0 Å². The van der Waals surface area contributed by atoms with E-state index in [4.69, 9.17) is 4.74 Å². The van der Waals surface area contributed by atoms with Gasteiger partial charge in [0.25, 0.3) is 5.91 Å². The van der Waals surface area contributed by atoms with Crippen LogP contribution in [-0.4, -0.2) is 73.6 Å². The van der Waals surface area contributed by atoms with Gasteiger partial charge in [0.2, 0.25) is 5.91 Å². The number of ether oxygens (including phenoxy) is 1. The fraction of sp³-hybridized carbons (Fsp3) is 0.556. The molecule has 2 heterocycles. The summed E-state index contributed by atoms with van der Waals surface area (Å²) in [6, 6.07) is 9.41. The molecule has 0 aromatic heterocycles. The SMILES string of the molecule is O=C(NCCN1CCN(C(=O)c2ccccc2)CC1)C1CCCO1. The molecule has 2 fully saturated rings. The minimum atomic E-state index is -0.259. The van der Waals surface area contributed by atoms with Crippen LogP contribution in [0, 0.1) is 0 Å². The second kappa shape index (κ2) is 8.26. The van der Waals surface area contributed by atoms with Gasteiger partial charge in [-0.3, -0.25) is 14.5 Å². The predicted octanol–water partition coefficient (Wildman–Crippen LogP) is 0.740. The standard InChI is InChI=1S/C18H25N3O3/c22-17(16-7-4-14-24-16)19-8-9-20-10-12-21(13-11-20)18(23)15-5-2-1-3-6-15/h1-3,5-6,16H,4,7-14H2,(H,19,22). The molecule has 1 aromatic carbocycles. The molecule has 2 aliphatic rings. The van der Waals surface area contributed by atoms with Gasteiger partial charge in [0.1, 0.15) is 6.10 Å². The third-order valence-electron chi connectivity index (χ3n) is 4.63. The van der Waals surface area contributed by atoms with Crippen LogP contribution in [-0.2, 0) is 9.53 Å². The Bertz CT molecular complexity index is 550. The van der Waals surface area contributed by atoms with Gasteiger partial charge in [-0.05, 0) is 25.0 Å². The van der Waals surface area contributed by atoms with Crippen LogP contribution >= 0.6 is 0 Å². The highest BCUT2D eigenvalue weighted by Gasteiger charge is 2.24. The Morgan fingerprint density at radius 2 is 1.88 bits per heavy atom. The number of nitrogens with one attached hydrogen (secondary N) is 1. The molecule has 24 heavy (non-hydrogen) atoms. The molecule has 0 bridgehead atoms. The van der Waals surface area contributed by atoms with E-state index in [1.807, 2.05) is 35.2 Å². The highest BCUT2D eigenvalue weighted by atomic mass is 16.5. The molecule has 0 spiro atoms. The maximum atomic E-state index is 12.4. The molecule has 2 aliphatic heterocycles. The number of rotatable bonds is 5. The van der Waals surface area contributed by atoms with Crippen LogP contribution < -0.4 is 5.32 Å². The summed E-state index contributed by atoms with van der Waals surface area (Å²) in [4.78, 5) is 28.5. The lowest BCUT2D eigenvalue weighted by molar-refractivity contribution is -0.130. The van der Waals surface area contributed by atoms with Crippen molar-refractivity contribution in [2.75, 3.05) is 45.9 Å². The zero-order chi connectivity index (χ0) is 16.8. The van der Waals surface area contributed by atoms with Crippen LogP contribution in [0.4, 0.5) is 0 Å². The van der Waals surface area contributed by atoms with Gasteiger partial charge in [-0.25, -0.2) is 0 Å². The Balaban J connectivity index is 1.36. The summed E-state index contributed by atoms with van der Waals surface area (Å²) >= 11 is 0. The molecule has 0 aliphatic carbocycles. The lowest BCUT2D eigenvalue weighted by Gasteiger charge is -2.34. The van der Waals surface area contributed by atoms with Gasteiger partial charge in [-0.1, -0.05) is 18.2 Å². The largest absolute Gasteiger partial charge is 0.368 e. The Kier molecular flexibility index (Phi) is 5.82. The van der Waals surface area contributed by atoms with Crippen molar-refractivity contribution in [1.82, 2.24) is 15.1 Å². The third kappa shape index (κ3) is 4.33. The van der Waals surface area contributed by atoms with E-state index in [0.717, 1.165) is 51.1 Å². The molecular formula is C18H25N3O3. The van der Waals surface area contributed by atoms with Crippen LogP contribution in [0.3, 0.4) is 0 Å². The first-order valence-electron chi connectivity index (χ1n) is 8.70. The molecule has 1 aromatic rings. The first-order chi connectivity index (χ1) is 11.7. The fourth-order valence-corrected chi connectivity index (χ4v) is 3.17. The molecule has 0 saturated carbocycles. The van der Waals surface area contributed by atoms with Gasteiger partial charge in [-0.2, -0.15) is 0 Å². The smallest absolute Gasteiger partial charge is 0.253 e. The van der Waals surface area contributed by atoms with Crippen molar-refractivity contribution in [1.29, 1.82) is 0 Å². The first kappa shape index (κ1) is 16.9. The van der Waals surface area contributed by atoms with Crippen molar-refractivity contribution in [2.45, 2.75) is 18.9 Å². The molecule has 3 rings (SSSR count). The van der Waals surface area contributed by atoms with Crippen molar-refractivity contribution in [3.8, 4) is 0 Å². The number of carbonyl (C=O) groups excluding carboxylic acids is 2. The van der Waals surface area contributed by atoms with E-state index in [1.165, 1.54) is 0 Å². The zero-order valence-corrected chi connectivity index (χ0v) is 13.9. The lowest BCUT2D eigenvalue weighted by Crippen LogP contribution is -2.50. The van der Waals surface area contributed by atoms with Crippen molar-refractivity contribution in [3.63, 3.8) is 0 Å². The molecule has 6 heteroatoms. The molecule has 1 unspecified atom stereocenters. The monoisotopic (exact) mass is 331 g/mol. The van der Waals surface area contributed by atoms with Crippen molar-refractivity contribution >= 4 is 11.8 Å². The van der Waals surface area contributed by atoms with E-state index in [2.05, 4.69) is 10.2 Å². The fourth-order valence-electron chi connectivity index (χ4n) is 3.17. The summed E-state index contributed by atoms with van der Waals surface area (Å²) in [5.74, 6) is 0.104. The van der Waals surface area contributed by atoms with Crippen LogP contribution in [0.2, 0.25) is 0 Å². The number of carbonyl (C=O) groups is 2. The second-order valence-corrected chi connectivity index (χ2v) is 6.29. The topological polar surface area (TPSA) is 61.9 Å². The summed E-state index contributed by atoms with van der Waals surface area (Å²) in [5, 5.41) is 2.95. The average Bonchev–Trinajstić information content (AvgIpc) is 3.17. The number of nitrogens with zero attached hydrogens (tertiary/aromatic N) is 2. The van der Waals surface area contributed by atoms with E-state index < -0.39 is 0 Å². The summed E-state index contributed by atoms with van der Waals surface area (Å²) in [6.07, 6.45) is 1.53. The number of hydrogen-bond donors (Lipinski definition) is 1. The molecule has 6 nitrogen and oxygen atoms in total. The summed E-state index contributed by atoms with van der Waals surface area (Å²) in [5.41, 5.74) is 0.745. The minimum absolute atomic E-state index is 0.00499. The molecule has 130 valence electrons. The van der Waals surface area contributed by atoms with Gasteiger partial charge in [0, 0.05) is 51.4 Å². The number of hydrogen-bond acceptors (Lipinski definition) is 4. The molecule has 2 amide bonds. The van der Waals surface area contributed by atoms with Crippen molar-refractivity contribution < 1.29 is 14.3 Å². The minimum Gasteiger partial charge on any atom is -0.368 e. The summed E-state index contributed by atoms with van der Waals surface area (Å²) in [6.45, 7) is 5.27. The van der Waals surface area contributed by atoms with Crippen LogP contribution in [0.1, 0.15) is 23.2 Å². The van der Waals surface area contributed by atoms with E-state index >= 15 is 0 Å². The summed E-state index contributed by atoms with van der Waals surface area (Å²) in [7, 11) is 0. The van der Waals surface area contributed by atoms with Crippen molar-refractivity contribution in [2.24, 2.45) is 0 Å². The highest BCUT2D eigenvalue weighted by Crippen LogP contribution is 2.12. The normalized spacial score (nSPS) is 21.7. The van der Waals surface area contributed by atoms with Crippen LogP contribution in [0.5, 0.6) is 0 Å². The van der Waals surface area contributed by atoms with E-state index in [9.17, 15) is 9.59 Å². The Morgan fingerprint density at radius 3 is 2.54 bits per heavy atom. The molecule has 1 atom stereocenters. The molecule has 2 saturated heterocycles. The van der Waals surface area contributed by atoms with Gasteiger partial charge in [0.15, 0.2) is 0 Å². The zero-order valence-electron chi connectivity index (χ0n) is 13.9. The molecule has 0 radical (unpaired) electrons. The first-order valence-corrected chi connectivity index (χ1v) is 8.70. The van der Waals surface area contributed by atoms with E-state index in [-0.39, 0.29) is 17.9 Å². The lowest BCUT2D eigenvalue weighted by atomic mass is 10.2. The van der Waals surface area contributed by atoms with Crippen LogP contribution in [0.25, 0.3) is 0 Å². The molecular weight excluding hydrogens is 306 g/mol. The third-order valence-corrected chi connectivity index (χ3v) is 4.63. The average molecular weight is 331 g/mol. The summed E-state index contributed by atoms with van der Waals surface area (Å²) < 4.78 is 5.37. The Hall–Kier alpha value is -1.92. The second-order valence-electron chi connectivity index (χ2n) is 6.29. The maximum Gasteiger partial charge on any atom is 0.253 e. The highest BCUT2D eigenvalue weighted by molar-refractivity contribution is 5.94. The van der Waals surface area contributed by atoms with E-state index in [0.29, 0.717) is 13.2 Å². The quantitative estimate of drug-likeness (QED) is 0.864. The predicted molar refractivity (Wildman–Crippen MR) is 90.8 cm³/mol. The number of piperazine rings is 1. The Morgan fingerprint density at radius 1 is 1.12 bits per heavy atom. The number of amides is 2. The van der Waals surface area contributed by atoms with Gasteiger partial charge in [-0.15, -0.1) is 0 Å². The number of benzene rings is 1.